The Morgan fingerprint density at radius 1 is 0.893 bits per heavy atom. The molecule has 0 saturated carbocycles. The van der Waals surface area contributed by atoms with Gasteiger partial charge in [-0.15, -0.1) is 0 Å². The molecule has 0 radical (unpaired) electrons. The molecule has 136 valence electrons. The van der Waals surface area contributed by atoms with E-state index in [0.717, 1.165) is 16.9 Å². The largest absolute Gasteiger partial charge is 0.296 e. The first-order chi connectivity index (χ1) is 13.7. The van der Waals surface area contributed by atoms with Crippen LogP contribution in [-0.4, -0.2) is 26.6 Å². The molecule has 1 N–H and O–H groups in total. The molecule has 4 rings (SSSR count). The highest BCUT2D eigenvalue weighted by Gasteiger charge is 2.22. The van der Waals surface area contributed by atoms with E-state index < -0.39 is 5.91 Å². The van der Waals surface area contributed by atoms with Gasteiger partial charge in [0.2, 0.25) is 5.78 Å². The molecular weight excluding hydrogens is 372 g/mol. The molecule has 0 unspecified atom stereocenters. The molecule has 0 atom stereocenters. The molecule has 2 aromatic heterocycles. The molecule has 0 aliphatic rings. The summed E-state index contributed by atoms with van der Waals surface area (Å²) in [6, 6.07) is 18.4. The maximum Gasteiger partial charge on any atom is 0.277 e. The summed E-state index contributed by atoms with van der Waals surface area (Å²) in [5, 5.41) is 3.04. The van der Waals surface area contributed by atoms with E-state index in [-0.39, 0.29) is 11.5 Å². The fourth-order valence-corrected chi connectivity index (χ4v) is 3.56. The first kappa shape index (κ1) is 17.7. The van der Waals surface area contributed by atoms with E-state index in [1.54, 1.807) is 12.1 Å². The standard InChI is InChI=1S/C21H14N4O2S/c26-18(15-9-5-2-6-10-15)19-17(14-7-3-1-4-8-14)24-21(28-19)25-20(27)16-13-22-11-12-23-16/h1-13H,(H,24,25,27). The predicted octanol–water partition coefficient (Wildman–Crippen LogP) is 4.08. The third-order valence-electron chi connectivity index (χ3n) is 3.93. The zero-order chi connectivity index (χ0) is 19.3. The van der Waals surface area contributed by atoms with Gasteiger partial charge in [-0.1, -0.05) is 72.0 Å². The van der Waals surface area contributed by atoms with Crippen molar-refractivity contribution in [1.29, 1.82) is 0 Å². The average molecular weight is 386 g/mol. The molecule has 0 aliphatic heterocycles. The number of aromatic nitrogens is 3. The molecule has 0 fully saturated rings. The second kappa shape index (κ2) is 7.89. The Kier molecular flexibility index (Phi) is 4.99. The normalized spacial score (nSPS) is 10.4. The first-order valence-corrected chi connectivity index (χ1v) is 9.27. The molecule has 0 aliphatic carbocycles. The Labute approximate surface area is 165 Å². The number of nitrogens with one attached hydrogen (secondary N) is 1. The topological polar surface area (TPSA) is 84.8 Å². The van der Waals surface area contributed by atoms with Crippen LogP contribution < -0.4 is 5.32 Å². The summed E-state index contributed by atoms with van der Waals surface area (Å²) in [4.78, 5) is 38.3. The van der Waals surface area contributed by atoms with E-state index in [0.29, 0.717) is 21.3 Å². The van der Waals surface area contributed by atoms with E-state index in [2.05, 4.69) is 20.3 Å². The lowest BCUT2D eigenvalue weighted by molar-refractivity contribution is 0.101. The molecular formula is C21H14N4O2S. The van der Waals surface area contributed by atoms with Gasteiger partial charge in [0.25, 0.3) is 5.91 Å². The van der Waals surface area contributed by atoms with E-state index in [4.69, 9.17) is 0 Å². The molecule has 2 aromatic carbocycles. The van der Waals surface area contributed by atoms with E-state index in [1.165, 1.54) is 18.6 Å². The number of carbonyl (C=O) groups excluding carboxylic acids is 2. The molecule has 7 heteroatoms. The molecule has 0 spiro atoms. The average Bonchev–Trinajstić information content (AvgIpc) is 3.19. The van der Waals surface area contributed by atoms with Crippen molar-refractivity contribution in [2.75, 3.05) is 5.32 Å². The lowest BCUT2D eigenvalue weighted by Gasteiger charge is -2.02. The second-order valence-electron chi connectivity index (χ2n) is 5.80. The molecule has 0 saturated heterocycles. The third kappa shape index (κ3) is 3.70. The van der Waals surface area contributed by atoms with Gasteiger partial charge in [-0.25, -0.2) is 9.97 Å². The van der Waals surface area contributed by atoms with Crippen LogP contribution in [0.3, 0.4) is 0 Å². The lowest BCUT2D eigenvalue weighted by atomic mass is 10.1. The van der Waals surface area contributed by atoms with Crippen molar-refractivity contribution in [2.45, 2.75) is 0 Å². The Morgan fingerprint density at radius 3 is 2.29 bits per heavy atom. The molecule has 1 amide bonds. The van der Waals surface area contributed by atoms with Crippen LogP contribution in [-0.2, 0) is 0 Å². The number of thiazole rings is 1. The number of nitrogens with zero attached hydrogens (tertiary/aromatic N) is 3. The van der Waals surface area contributed by atoms with Crippen LogP contribution in [0.25, 0.3) is 11.3 Å². The SMILES string of the molecule is O=C(Nc1nc(-c2ccccc2)c(C(=O)c2ccccc2)s1)c1cnccn1. The zero-order valence-corrected chi connectivity index (χ0v) is 15.4. The number of hydrogen-bond acceptors (Lipinski definition) is 6. The maximum atomic E-state index is 13.0. The van der Waals surface area contributed by atoms with Crippen molar-refractivity contribution in [3.8, 4) is 11.3 Å². The van der Waals surface area contributed by atoms with E-state index in [9.17, 15) is 9.59 Å². The molecule has 28 heavy (non-hydrogen) atoms. The summed E-state index contributed by atoms with van der Waals surface area (Å²) >= 11 is 1.14. The van der Waals surface area contributed by atoms with Crippen molar-refractivity contribution >= 4 is 28.2 Å². The van der Waals surface area contributed by atoms with Gasteiger partial charge in [0.05, 0.1) is 11.9 Å². The summed E-state index contributed by atoms with van der Waals surface area (Å²) in [5.41, 5.74) is 2.08. The van der Waals surface area contributed by atoms with Crippen LogP contribution in [0.4, 0.5) is 5.13 Å². The van der Waals surface area contributed by atoms with Crippen molar-refractivity contribution in [3.05, 3.63) is 95.4 Å². The van der Waals surface area contributed by atoms with Crippen LogP contribution in [0.1, 0.15) is 25.7 Å². The van der Waals surface area contributed by atoms with Crippen LogP contribution in [0.15, 0.2) is 79.3 Å². The van der Waals surface area contributed by atoms with Crippen LogP contribution in [0.2, 0.25) is 0 Å². The number of ketones is 1. The number of anilines is 1. The van der Waals surface area contributed by atoms with Crippen LogP contribution >= 0.6 is 11.3 Å². The molecule has 0 bridgehead atoms. The number of amides is 1. The highest BCUT2D eigenvalue weighted by Crippen LogP contribution is 2.33. The summed E-state index contributed by atoms with van der Waals surface area (Å²) in [7, 11) is 0. The quantitative estimate of drug-likeness (QED) is 0.522. The monoisotopic (exact) mass is 386 g/mol. The minimum absolute atomic E-state index is 0.142. The number of hydrogen-bond donors (Lipinski definition) is 1. The Morgan fingerprint density at radius 2 is 1.61 bits per heavy atom. The smallest absolute Gasteiger partial charge is 0.277 e. The summed E-state index contributed by atoms with van der Waals surface area (Å²) in [6.07, 6.45) is 4.30. The van der Waals surface area contributed by atoms with Gasteiger partial charge in [0.15, 0.2) is 5.13 Å². The minimum atomic E-state index is -0.430. The van der Waals surface area contributed by atoms with E-state index >= 15 is 0 Å². The fraction of sp³-hybridized carbons (Fsp3) is 0. The lowest BCUT2D eigenvalue weighted by Crippen LogP contribution is -2.13. The van der Waals surface area contributed by atoms with Gasteiger partial charge in [-0.05, 0) is 0 Å². The second-order valence-corrected chi connectivity index (χ2v) is 6.80. The van der Waals surface area contributed by atoms with Crippen molar-refractivity contribution in [1.82, 2.24) is 15.0 Å². The van der Waals surface area contributed by atoms with Crippen molar-refractivity contribution in [3.63, 3.8) is 0 Å². The summed E-state index contributed by atoms with van der Waals surface area (Å²) in [5.74, 6) is -0.572. The summed E-state index contributed by atoms with van der Waals surface area (Å²) < 4.78 is 0. The number of rotatable bonds is 5. The summed E-state index contributed by atoms with van der Waals surface area (Å²) in [6.45, 7) is 0. The van der Waals surface area contributed by atoms with Gasteiger partial charge >= 0.3 is 0 Å². The van der Waals surface area contributed by atoms with Gasteiger partial charge < -0.3 is 0 Å². The molecule has 6 nitrogen and oxygen atoms in total. The first-order valence-electron chi connectivity index (χ1n) is 8.46. The minimum Gasteiger partial charge on any atom is -0.296 e. The van der Waals surface area contributed by atoms with Gasteiger partial charge in [-0.3, -0.25) is 19.9 Å². The van der Waals surface area contributed by atoms with Crippen LogP contribution in [0.5, 0.6) is 0 Å². The number of carbonyl (C=O) groups is 2. The van der Waals surface area contributed by atoms with Crippen LogP contribution in [0, 0.1) is 0 Å². The highest BCUT2D eigenvalue weighted by molar-refractivity contribution is 7.18. The van der Waals surface area contributed by atoms with Crippen molar-refractivity contribution in [2.24, 2.45) is 0 Å². The Balaban J connectivity index is 1.72. The Hall–Kier alpha value is -3.71. The molecule has 2 heterocycles. The highest BCUT2D eigenvalue weighted by atomic mass is 32.1. The van der Waals surface area contributed by atoms with Gasteiger partial charge in [0.1, 0.15) is 10.6 Å². The van der Waals surface area contributed by atoms with Crippen molar-refractivity contribution < 1.29 is 9.59 Å². The zero-order valence-electron chi connectivity index (χ0n) is 14.6. The Bertz CT molecular complexity index is 1110. The third-order valence-corrected chi connectivity index (χ3v) is 4.90. The van der Waals surface area contributed by atoms with E-state index in [1.807, 2.05) is 48.5 Å². The predicted molar refractivity (Wildman–Crippen MR) is 107 cm³/mol. The van der Waals surface area contributed by atoms with Gasteiger partial charge in [-0.2, -0.15) is 0 Å². The molecule has 4 aromatic rings. The fourth-order valence-electron chi connectivity index (χ4n) is 2.62. The number of benzene rings is 2. The maximum absolute atomic E-state index is 13.0. The van der Waals surface area contributed by atoms with Gasteiger partial charge in [0, 0.05) is 23.5 Å².